The maximum atomic E-state index is 12.2. The molecule has 0 bridgehead atoms. The summed E-state index contributed by atoms with van der Waals surface area (Å²) in [5.41, 5.74) is 2.85. The Morgan fingerprint density at radius 1 is 1.26 bits per heavy atom. The summed E-state index contributed by atoms with van der Waals surface area (Å²) >= 11 is 0. The van der Waals surface area contributed by atoms with Gasteiger partial charge in [0.2, 0.25) is 5.91 Å². The lowest BCUT2D eigenvalue weighted by atomic mass is 10.0. The second kappa shape index (κ2) is 6.81. The van der Waals surface area contributed by atoms with Crippen LogP contribution in [-0.2, 0) is 9.59 Å². The van der Waals surface area contributed by atoms with Crippen LogP contribution in [0.5, 0.6) is 0 Å². The van der Waals surface area contributed by atoms with Crippen LogP contribution in [0.3, 0.4) is 0 Å². The Kier molecular flexibility index (Phi) is 5.03. The number of rotatable bonds is 5. The molecule has 1 atom stereocenters. The van der Waals surface area contributed by atoms with Crippen LogP contribution in [0.1, 0.15) is 31.4 Å². The molecule has 23 heavy (non-hydrogen) atoms. The number of carbonyl (C=O) groups excluding carboxylic acids is 3. The fourth-order valence-electron chi connectivity index (χ4n) is 2.52. The lowest BCUT2D eigenvalue weighted by molar-refractivity contribution is -0.131. The highest BCUT2D eigenvalue weighted by molar-refractivity contribution is 6.07. The Hall–Kier alpha value is -2.37. The van der Waals surface area contributed by atoms with Gasteiger partial charge in [-0.2, -0.15) is 0 Å². The number of nitrogens with zero attached hydrogens (tertiary/aromatic N) is 1. The number of nitrogens with one attached hydrogen (secondary N) is 2. The normalized spacial score (nSPS) is 17.6. The minimum absolute atomic E-state index is 0.272. The van der Waals surface area contributed by atoms with Crippen molar-refractivity contribution in [3.63, 3.8) is 0 Å². The van der Waals surface area contributed by atoms with E-state index in [0.717, 1.165) is 16.0 Å². The zero-order chi connectivity index (χ0) is 17.1. The first-order valence-electron chi connectivity index (χ1n) is 7.77. The Balaban J connectivity index is 1.98. The van der Waals surface area contributed by atoms with Crippen molar-refractivity contribution in [1.82, 2.24) is 10.2 Å². The van der Waals surface area contributed by atoms with Gasteiger partial charge in [0, 0.05) is 5.69 Å². The summed E-state index contributed by atoms with van der Waals surface area (Å²) in [5.74, 6) is -0.436. The summed E-state index contributed by atoms with van der Waals surface area (Å²) in [6, 6.07) is 4.54. The fourth-order valence-corrected chi connectivity index (χ4v) is 2.52. The number of imide groups is 1. The summed E-state index contributed by atoms with van der Waals surface area (Å²) in [7, 11) is 0. The molecule has 0 radical (unpaired) electrons. The predicted octanol–water partition coefficient (Wildman–Crippen LogP) is 2.21. The smallest absolute Gasteiger partial charge is 0.325 e. The Labute approximate surface area is 136 Å². The van der Waals surface area contributed by atoms with Gasteiger partial charge in [-0.25, -0.2) is 4.79 Å². The van der Waals surface area contributed by atoms with E-state index >= 15 is 0 Å². The third-order valence-electron chi connectivity index (χ3n) is 3.91. The van der Waals surface area contributed by atoms with E-state index in [0.29, 0.717) is 12.1 Å². The van der Waals surface area contributed by atoms with Crippen molar-refractivity contribution in [2.45, 2.75) is 40.2 Å². The molecule has 6 nitrogen and oxygen atoms in total. The summed E-state index contributed by atoms with van der Waals surface area (Å²) in [4.78, 5) is 37.2. The lowest BCUT2D eigenvalue weighted by Crippen LogP contribution is -2.38. The molecule has 124 valence electrons. The van der Waals surface area contributed by atoms with E-state index < -0.39 is 12.1 Å². The predicted molar refractivity (Wildman–Crippen MR) is 88.0 cm³/mol. The quantitative estimate of drug-likeness (QED) is 0.817. The van der Waals surface area contributed by atoms with E-state index in [4.69, 9.17) is 0 Å². The SMILES string of the molecule is Cc1ccc(NC(=O)CN2C(=O)N[C@@H](CC(C)C)C2=O)cc1C. The van der Waals surface area contributed by atoms with Crippen LogP contribution in [0.25, 0.3) is 0 Å². The molecule has 1 fully saturated rings. The summed E-state index contributed by atoms with van der Waals surface area (Å²) in [6.07, 6.45) is 0.569. The molecule has 0 unspecified atom stereocenters. The average Bonchev–Trinajstić information content (AvgIpc) is 2.70. The first-order valence-corrected chi connectivity index (χ1v) is 7.77. The fraction of sp³-hybridized carbons (Fsp3) is 0.471. The van der Waals surface area contributed by atoms with E-state index in [1.807, 2.05) is 39.8 Å². The zero-order valence-corrected chi connectivity index (χ0v) is 14.0. The molecule has 0 aliphatic carbocycles. The monoisotopic (exact) mass is 317 g/mol. The summed E-state index contributed by atoms with van der Waals surface area (Å²) < 4.78 is 0. The number of carbonyl (C=O) groups is 3. The highest BCUT2D eigenvalue weighted by atomic mass is 16.2. The third kappa shape index (κ3) is 4.09. The van der Waals surface area contributed by atoms with E-state index in [1.165, 1.54) is 0 Å². The molecule has 1 aliphatic rings. The van der Waals surface area contributed by atoms with E-state index in [2.05, 4.69) is 10.6 Å². The molecule has 4 amide bonds. The molecule has 2 N–H and O–H groups in total. The summed E-state index contributed by atoms with van der Waals surface area (Å²) in [5, 5.41) is 5.35. The van der Waals surface area contributed by atoms with Crippen LogP contribution in [0.4, 0.5) is 10.5 Å². The number of hydrogen-bond donors (Lipinski definition) is 2. The molecule has 1 aromatic rings. The van der Waals surface area contributed by atoms with Gasteiger partial charge in [-0.1, -0.05) is 19.9 Å². The molecule has 1 aromatic carbocycles. The van der Waals surface area contributed by atoms with Crippen LogP contribution < -0.4 is 10.6 Å². The maximum absolute atomic E-state index is 12.2. The van der Waals surface area contributed by atoms with Crippen molar-refractivity contribution in [3.05, 3.63) is 29.3 Å². The maximum Gasteiger partial charge on any atom is 0.325 e. The van der Waals surface area contributed by atoms with Gasteiger partial charge in [0.25, 0.3) is 5.91 Å². The number of anilines is 1. The molecular weight excluding hydrogens is 294 g/mol. The van der Waals surface area contributed by atoms with E-state index in [1.54, 1.807) is 6.07 Å². The molecule has 2 rings (SSSR count). The van der Waals surface area contributed by atoms with Crippen molar-refractivity contribution in [2.24, 2.45) is 5.92 Å². The Morgan fingerprint density at radius 3 is 2.57 bits per heavy atom. The van der Waals surface area contributed by atoms with Crippen LogP contribution in [-0.4, -0.2) is 35.3 Å². The van der Waals surface area contributed by atoms with Gasteiger partial charge in [-0.3, -0.25) is 14.5 Å². The number of urea groups is 1. The second-order valence-corrected chi connectivity index (χ2v) is 6.40. The van der Waals surface area contributed by atoms with Gasteiger partial charge < -0.3 is 10.6 Å². The zero-order valence-electron chi connectivity index (χ0n) is 14.0. The van der Waals surface area contributed by atoms with Crippen molar-refractivity contribution >= 4 is 23.5 Å². The average molecular weight is 317 g/mol. The number of hydrogen-bond acceptors (Lipinski definition) is 3. The van der Waals surface area contributed by atoms with Crippen LogP contribution in [0.2, 0.25) is 0 Å². The highest BCUT2D eigenvalue weighted by Crippen LogP contribution is 2.16. The van der Waals surface area contributed by atoms with Crippen molar-refractivity contribution in [2.75, 3.05) is 11.9 Å². The Bertz CT molecular complexity index is 640. The van der Waals surface area contributed by atoms with Crippen molar-refractivity contribution < 1.29 is 14.4 Å². The molecular formula is C17H23N3O3. The van der Waals surface area contributed by atoms with Crippen LogP contribution >= 0.6 is 0 Å². The van der Waals surface area contributed by atoms with Gasteiger partial charge in [-0.15, -0.1) is 0 Å². The molecule has 1 aliphatic heterocycles. The van der Waals surface area contributed by atoms with Crippen molar-refractivity contribution in [3.8, 4) is 0 Å². The highest BCUT2D eigenvalue weighted by Gasteiger charge is 2.38. The number of benzene rings is 1. The van der Waals surface area contributed by atoms with Gasteiger partial charge in [0.1, 0.15) is 12.6 Å². The number of aryl methyl sites for hydroxylation is 2. The first-order chi connectivity index (χ1) is 10.8. The van der Waals surface area contributed by atoms with Gasteiger partial charge in [0.05, 0.1) is 0 Å². The van der Waals surface area contributed by atoms with Gasteiger partial charge in [0.15, 0.2) is 0 Å². The summed E-state index contributed by atoms with van der Waals surface area (Å²) in [6.45, 7) is 7.64. The van der Waals surface area contributed by atoms with Crippen LogP contribution in [0, 0.1) is 19.8 Å². The number of amides is 4. The standard InChI is InChI=1S/C17H23N3O3/c1-10(2)7-14-16(22)20(17(23)19-14)9-15(21)18-13-6-5-11(3)12(4)8-13/h5-6,8,10,14H,7,9H2,1-4H3,(H,18,21)(H,19,23)/t14-/m0/s1. The third-order valence-corrected chi connectivity index (χ3v) is 3.91. The Morgan fingerprint density at radius 2 is 1.96 bits per heavy atom. The van der Waals surface area contributed by atoms with Gasteiger partial charge in [-0.05, 0) is 49.4 Å². The molecule has 6 heteroatoms. The molecule has 0 aromatic heterocycles. The van der Waals surface area contributed by atoms with Crippen molar-refractivity contribution in [1.29, 1.82) is 0 Å². The second-order valence-electron chi connectivity index (χ2n) is 6.40. The van der Waals surface area contributed by atoms with Crippen LogP contribution in [0.15, 0.2) is 18.2 Å². The van der Waals surface area contributed by atoms with E-state index in [-0.39, 0.29) is 24.3 Å². The molecule has 0 spiro atoms. The van der Waals surface area contributed by atoms with E-state index in [9.17, 15) is 14.4 Å². The minimum Gasteiger partial charge on any atom is -0.326 e. The molecule has 1 heterocycles. The van der Waals surface area contributed by atoms with Gasteiger partial charge >= 0.3 is 6.03 Å². The first kappa shape index (κ1) is 17.0. The topological polar surface area (TPSA) is 78.5 Å². The minimum atomic E-state index is -0.531. The molecule has 0 saturated carbocycles. The molecule has 1 saturated heterocycles. The lowest BCUT2D eigenvalue weighted by Gasteiger charge is -2.14. The largest absolute Gasteiger partial charge is 0.326 e.